The van der Waals surface area contributed by atoms with Gasteiger partial charge < -0.3 is 5.32 Å². The molecule has 0 bridgehead atoms. The van der Waals surface area contributed by atoms with Crippen molar-refractivity contribution >= 4 is 0 Å². The average molecular weight is 141 g/mol. The molecule has 0 fully saturated rings. The molecule has 0 rings (SSSR count). The van der Waals surface area contributed by atoms with Crippen LogP contribution in [0.5, 0.6) is 0 Å². The highest BCUT2D eigenvalue weighted by Crippen LogP contribution is 1.97. The monoisotopic (exact) mass is 141 g/mol. The Morgan fingerprint density at radius 3 is 2.20 bits per heavy atom. The number of rotatable bonds is 5. The van der Waals surface area contributed by atoms with Crippen LogP contribution in [0.15, 0.2) is 12.7 Å². The van der Waals surface area contributed by atoms with E-state index in [9.17, 15) is 0 Å². The van der Waals surface area contributed by atoms with E-state index in [1.165, 1.54) is 12.8 Å². The van der Waals surface area contributed by atoms with Crippen LogP contribution in [-0.2, 0) is 0 Å². The molecule has 1 atom stereocenters. The molecule has 10 heavy (non-hydrogen) atoms. The second-order valence-corrected chi connectivity index (χ2v) is 2.70. The molecule has 60 valence electrons. The lowest BCUT2D eigenvalue weighted by Gasteiger charge is -2.17. The van der Waals surface area contributed by atoms with Crippen molar-refractivity contribution in [1.29, 1.82) is 0 Å². The fourth-order valence-electron chi connectivity index (χ4n) is 0.964. The second kappa shape index (κ2) is 5.48. The first kappa shape index (κ1) is 9.70. The molecule has 1 unspecified atom stereocenters. The van der Waals surface area contributed by atoms with Gasteiger partial charge in [-0.25, -0.2) is 0 Å². The zero-order chi connectivity index (χ0) is 7.98. The SMILES string of the molecule is C=CC(C)NC(CC)CC. The van der Waals surface area contributed by atoms with E-state index in [1.54, 1.807) is 0 Å². The molecule has 1 heteroatoms. The predicted octanol–water partition coefficient (Wildman–Crippen LogP) is 2.34. The molecule has 0 radical (unpaired) electrons. The van der Waals surface area contributed by atoms with Crippen molar-refractivity contribution in [1.82, 2.24) is 5.32 Å². The first-order valence-corrected chi connectivity index (χ1v) is 4.13. The lowest BCUT2D eigenvalue weighted by molar-refractivity contribution is 0.461. The fourth-order valence-corrected chi connectivity index (χ4v) is 0.964. The maximum absolute atomic E-state index is 3.72. The molecule has 0 aromatic carbocycles. The summed E-state index contributed by atoms with van der Waals surface area (Å²) in [5.41, 5.74) is 0. The predicted molar refractivity (Wildman–Crippen MR) is 47.2 cm³/mol. The van der Waals surface area contributed by atoms with E-state index >= 15 is 0 Å². The Balaban J connectivity index is 3.51. The summed E-state index contributed by atoms with van der Waals surface area (Å²) < 4.78 is 0. The highest BCUT2D eigenvalue weighted by molar-refractivity contribution is 4.83. The molecule has 0 aliphatic carbocycles. The van der Waals surface area contributed by atoms with Crippen LogP contribution < -0.4 is 5.32 Å². The highest BCUT2D eigenvalue weighted by atomic mass is 14.9. The van der Waals surface area contributed by atoms with Crippen molar-refractivity contribution in [3.63, 3.8) is 0 Å². The summed E-state index contributed by atoms with van der Waals surface area (Å²) >= 11 is 0. The lowest BCUT2D eigenvalue weighted by Crippen LogP contribution is -2.34. The van der Waals surface area contributed by atoms with E-state index in [2.05, 4.69) is 32.7 Å². The molecule has 0 amide bonds. The van der Waals surface area contributed by atoms with E-state index in [0.29, 0.717) is 12.1 Å². The standard InChI is InChI=1S/C9H19N/c1-5-8(4)10-9(6-2)7-3/h5,8-10H,1,6-7H2,2-4H3. The van der Waals surface area contributed by atoms with Crippen LogP contribution >= 0.6 is 0 Å². The highest BCUT2D eigenvalue weighted by Gasteiger charge is 2.03. The van der Waals surface area contributed by atoms with Crippen molar-refractivity contribution < 1.29 is 0 Å². The summed E-state index contributed by atoms with van der Waals surface area (Å²) in [6.45, 7) is 10.3. The molecular formula is C9H19N. The molecule has 1 N–H and O–H groups in total. The van der Waals surface area contributed by atoms with Crippen molar-refractivity contribution in [3.8, 4) is 0 Å². The van der Waals surface area contributed by atoms with Crippen LogP contribution in [-0.4, -0.2) is 12.1 Å². The van der Waals surface area contributed by atoms with Gasteiger partial charge in [-0.05, 0) is 19.8 Å². The normalized spacial score (nSPS) is 13.6. The largest absolute Gasteiger partial charge is 0.308 e. The van der Waals surface area contributed by atoms with Gasteiger partial charge in [-0.3, -0.25) is 0 Å². The van der Waals surface area contributed by atoms with Crippen LogP contribution in [0.1, 0.15) is 33.6 Å². The molecule has 0 aliphatic heterocycles. The summed E-state index contributed by atoms with van der Waals surface area (Å²) in [6, 6.07) is 1.11. The number of nitrogens with one attached hydrogen (secondary N) is 1. The van der Waals surface area contributed by atoms with Gasteiger partial charge in [0.2, 0.25) is 0 Å². The first-order chi connectivity index (χ1) is 4.74. The van der Waals surface area contributed by atoms with Crippen LogP contribution in [0.25, 0.3) is 0 Å². The summed E-state index contributed by atoms with van der Waals surface area (Å²) in [5, 5.41) is 3.45. The van der Waals surface area contributed by atoms with Crippen LogP contribution in [0.4, 0.5) is 0 Å². The van der Waals surface area contributed by atoms with Gasteiger partial charge in [0, 0.05) is 12.1 Å². The number of hydrogen-bond donors (Lipinski definition) is 1. The molecular weight excluding hydrogens is 122 g/mol. The minimum Gasteiger partial charge on any atom is -0.308 e. The molecule has 0 aromatic heterocycles. The second-order valence-electron chi connectivity index (χ2n) is 2.70. The number of hydrogen-bond acceptors (Lipinski definition) is 1. The van der Waals surface area contributed by atoms with Crippen LogP contribution in [0.3, 0.4) is 0 Å². The molecule has 0 aliphatic rings. The average Bonchev–Trinajstić information content (AvgIpc) is 1.99. The molecule has 0 saturated heterocycles. The summed E-state index contributed by atoms with van der Waals surface area (Å²) in [4.78, 5) is 0. The Labute approximate surface area is 64.5 Å². The van der Waals surface area contributed by atoms with Gasteiger partial charge in [-0.1, -0.05) is 19.9 Å². The van der Waals surface area contributed by atoms with Crippen molar-refractivity contribution in [2.75, 3.05) is 0 Å². The van der Waals surface area contributed by atoms with Crippen molar-refractivity contribution in [2.45, 2.75) is 45.7 Å². The third-order valence-corrected chi connectivity index (χ3v) is 1.84. The Bertz CT molecular complexity index is 84.7. The third-order valence-electron chi connectivity index (χ3n) is 1.84. The lowest BCUT2D eigenvalue weighted by atomic mass is 10.1. The summed E-state index contributed by atoms with van der Waals surface area (Å²) in [6.07, 6.45) is 4.35. The topological polar surface area (TPSA) is 12.0 Å². The fraction of sp³-hybridized carbons (Fsp3) is 0.778. The maximum Gasteiger partial charge on any atom is 0.0221 e. The Morgan fingerprint density at radius 1 is 1.40 bits per heavy atom. The third kappa shape index (κ3) is 3.67. The van der Waals surface area contributed by atoms with Gasteiger partial charge >= 0.3 is 0 Å². The van der Waals surface area contributed by atoms with Crippen LogP contribution in [0, 0.1) is 0 Å². The van der Waals surface area contributed by atoms with Gasteiger partial charge in [0.1, 0.15) is 0 Å². The quantitative estimate of drug-likeness (QED) is 0.579. The summed E-state index contributed by atoms with van der Waals surface area (Å²) in [7, 11) is 0. The maximum atomic E-state index is 3.72. The van der Waals surface area contributed by atoms with Gasteiger partial charge in [-0.2, -0.15) is 0 Å². The zero-order valence-corrected chi connectivity index (χ0v) is 7.35. The van der Waals surface area contributed by atoms with Gasteiger partial charge in [0.05, 0.1) is 0 Å². The smallest absolute Gasteiger partial charge is 0.0221 e. The Hall–Kier alpha value is -0.300. The molecule has 0 spiro atoms. The van der Waals surface area contributed by atoms with E-state index in [-0.39, 0.29) is 0 Å². The van der Waals surface area contributed by atoms with E-state index < -0.39 is 0 Å². The Morgan fingerprint density at radius 2 is 1.90 bits per heavy atom. The van der Waals surface area contributed by atoms with E-state index in [0.717, 1.165) is 0 Å². The summed E-state index contributed by atoms with van der Waals surface area (Å²) in [5.74, 6) is 0. The van der Waals surface area contributed by atoms with Crippen molar-refractivity contribution in [3.05, 3.63) is 12.7 Å². The zero-order valence-electron chi connectivity index (χ0n) is 7.35. The molecule has 1 nitrogen and oxygen atoms in total. The van der Waals surface area contributed by atoms with Crippen LogP contribution in [0.2, 0.25) is 0 Å². The van der Waals surface area contributed by atoms with Gasteiger partial charge in [0.15, 0.2) is 0 Å². The molecule has 0 saturated carbocycles. The van der Waals surface area contributed by atoms with E-state index in [1.807, 2.05) is 6.08 Å². The van der Waals surface area contributed by atoms with Gasteiger partial charge in [0.25, 0.3) is 0 Å². The Kier molecular flexibility index (Phi) is 5.32. The molecule has 0 aromatic rings. The minimum atomic E-state index is 0.449. The minimum absolute atomic E-state index is 0.449. The molecule has 0 heterocycles. The van der Waals surface area contributed by atoms with Crippen molar-refractivity contribution in [2.24, 2.45) is 0 Å². The van der Waals surface area contributed by atoms with E-state index in [4.69, 9.17) is 0 Å². The van der Waals surface area contributed by atoms with Gasteiger partial charge in [-0.15, -0.1) is 6.58 Å². The first-order valence-electron chi connectivity index (χ1n) is 4.13.